The number of rotatable bonds is 5. The van der Waals surface area contributed by atoms with Gasteiger partial charge in [-0.1, -0.05) is 0 Å². The maximum absolute atomic E-state index is 13.1. The highest BCUT2D eigenvalue weighted by atomic mass is 19.1. The highest BCUT2D eigenvalue weighted by Gasteiger charge is 2.23. The maximum atomic E-state index is 13.1. The molecule has 11 heteroatoms. The minimum atomic E-state index is -1.12. The van der Waals surface area contributed by atoms with Gasteiger partial charge in [0.15, 0.2) is 23.3 Å². The maximum Gasteiger partial charge on any atom is 0.357 e. The van der Waals surface area contributed by atoms with Crippen molar-refractivity contribution in [2.45, 2.75) is 13.0 Å². The van der Waals surface area contributed by atoms with Gasteiger partial charge in [-0.2, -0.15) is 0 Å². The van der Waals surface area contributed by atoms with E-state index in [1.165, 1.54) is 60.9 Å². The van der Waals surface area contributed by atoms with Gasteiger partial charge in [0.25, 0.3) is 5.91 Å². The van der Waals surface area contributed by atoms with Gasteiger partial charge in [-0.25, -0.2) is 29.1 Å². The van der Waals surface area contributed by atoms with Gasteiger partial charge >= 0.3 is 5.97 Å². The van der Waals surface area contributed by atoms with E-state index in [2.05, 4.69) is 30.2 Å². The number of nitrogens with one attached hydrogen (secondary N) is 2. The molecule has 146 valence electrons. The van der Waals surface area contributed by atoms with Crippen molar-refractivity contribution in [3.05, 3.63) is 61.0 Å². The summed E-state index contributed by atoms with van der Waals surface area (Å²) in [5.41, 5.74) is 1.46. The lowest BCUT2D eigenvalue weighted by Gasteiger charge is -2.14. The first-order chi connectivity index (χ1) is 14.0. The zero-order valence-corrected chi connectivity index (χ0v) is 15.0. The smallest absolute Gasteiger partial charge is 0.357 e. The first kappa shape index (κ1) is 18.2. The van der Waals surface area contributed by atoms with E-state index in [4.69, 9.17) is 4.74 Å². The standard InChI is InChI=1S/C18H14FN7O3/c1-10(17(27)25-16-14-15(22-7-21-14)23-8-24-16)29-18(28)13-6-20-9-26(13)12-4-2-11(19)3-5-12/h2-10H,1H3,(H2,21,22,23,24,25,27)/t10-/m0/s1. The van der Waals surface area contributed by atoms with Crippen molar-refractivity contribution >= 4 is 28.9 Å². The number of amides is 1. The van der Waals surface area contributed by atoms with Crippen molar-refractivity contribution in [3.8, 4) is 5.69 Å². The van der Waals surface area contributed by atoms with Crippen LogP contribution < -0.4 is 5.32 Å². The van der Waals surface area contributed by atoms with Gasteiger partial charge in [0.2, 0.25) is 0 Å². The molecular weight excluding hydrogens is 381 g/mol. The SMILES string of the molecule is C[C@H](OC(=O)c1cncn1-c1ccc(F)cc1)C(=O)Nc1ncnc2nc[nH]c12. The monoisotopic (exact) mass is 395 g/mol. The number of benzene rings is 1. The van der Waals surface area contributed by atoms with Crippen molar-refractivity contribution in [1.29, 1.82) is 0 Å². The van der Waals surface area contributed by atoms with Crippen molar-refractivity contribution in [1.82, 2.24) is 29.5 Å². The molecule has 0 saturated carbocycles. The predicted molar refractivity (Wildman–Crippen MR) is 98.7 cm³/mol. The van der Waals surface area contributed by atoms with Crippen molar-refractivity contribution in [3.63, 3.8) is 0 Å². The van der Waals surface area contributed by atoms with Gasteiger partial charge in [0.1, 0.15) is 17.7 Å². The minimum absolute atomic E-state index is 0.0919. The quantitative estimate of drug-likeness (QED) is 0.494. The highest BCUT2D eigenvalue weighted by Crippen LogP contribution is 2.16. The third-order valence-electron chi connectivity index (χ3n) is 4.07. The first-order valence-corrected chi connectivity index (χ1v) is 8.47. The van der Waals surface area contributed by atoms with E-state index >= 15 is 0 Å². The fourth-order valence-corrected chi connectivity index (χ4v) is 2.61. The molecule has 4 rings (SSSR count). The van der Waals surface area contributed by atoms with Crippen LogP contribution in [0.15, 0.2) is 49.4 Å². The number of aromatic amines is 1. The molecule has 0 spiro atoms. The summed E-state index contributed by atoms with van der Waals surface area (Å²) in [6.07, 6.45) is 4.26. The van der Waals surface area contributed by atoms with E-state index in [1.807, 2.05) is 0 Å². The van der Waals surface area contributed by atoms with Gasteiger partial charge in [0.05, 0.1) is 18.9 Å². The Morgan fingerprint density at radius 3 is 2.79 bits per heavy atom. The van der Waals surface area contributed by atoms with Crippen LogP contribution in [0, 0.1) is 5.82 Å². The Labute approximate surface area is 162 Å². The summed E-state index contributed by atoms with van der Waals surface area (Å²) in [6, 6.07) is 5.51. The number of anilines is 1. The molecule has 2 N–H and O–H groups in total. The van der Waals surface area contributed by atoms with Crippen molar-refractivity contribution in [2.75, 3.05) is 5.32 Å². The lowest BCUT2D eigenvalue weighted by molar-refractivity contribution is -0.123. The molecule has 1 atom stereocenters. The molecule has 3 aromatic heterocycles. The molecule has 0 unspecified atom stereocenters. The average Bonchev–Trinajstić information content (AvgIpc) is 3.38. The summed E-state index contributed by atoms with van der Waals surface area (Å²) in [5, 5.41) is 2.57. The lowest BCUT2D eigenvalue weighted by atomic mass is 10.3. The van der Waals surface area contributed by atoms with Crippen LogP contribution in [0.4, 0.5) is 10.2 Å². The normalized spacial score (nSPS) is 11.9. The Bertz CT molecular complexity index is 1190. The number of halogens is 1. The number of nitrogens with zero attached hydrogens (tertiary/aromatic N) is 5. The van der Waals surface area contributed by atoms with E-state index < -0.39 is 23.8 Å². The van der Waals surface area contributed by atoms with E-state index in [0.29, 0.717) is 16.9 Å². The average molecular weight is 395 g/mol. The second-order valence-corrected chi connectivity index (χ2v) is 5.99. The number of esters is 1. The Balaban J connectivity index is 1.47. The molecule has 1 aromatic carbocycles. The zero-order valence-electron chi connectivity index (χ0n) is 15.0. The van der Waals surface area contributed by atoms with E-state index in [1.54, 1.807) is 0 Å². The molecule has 10 nitrogen and oxygen atoms in total. The second kappa shape index (κ2) is 7.46. The lowest BCUT2D eigenvalue weighted by Crippen LogP contribution is -2.31. The van der Waals surface area contributed by atoms with Gasteiger partial charge in [-0.15, -0.1) is 0 Å². The topological polar surface area (TPSA) is 128 Å². The van der Waals surface area contributed by atoms with Crippen LogP contribution in [0.25, 0.3) is 16.9 Å². The van der Waals surface area contributed by atoms with Crippen LogP contribution in [0.1, 0.15) is 17.4 Å². The molecule has 0 aliphatic rings. The van der Waals surface area contributed by atoms with Crippen LogP contribution in [-0.4, -0.2) is 47.5 Å². The molecular formula is C18H14FN7O3. The first-order valence-electron chi connectivity index (χ1n) is 8.47. The Kier molecular flexibility index (Phi) is 4.69. The molecule has 0 radical (unpaired) electrons. The fraction of sp³-hybridized carbons (Fsp3) is 0.111. The number of aromatic nitrogens is 6. The number of H-pyrrole nitrogens is 1. The van der Waals surface area contributed by atoms with E-state index in [9.17, 15) is 14.0 Å². The van der Waals surface area contributed by atoms with E-state index in [0.717, 1.165) is 0 Å². The highest BCUT2D eigenvalue weighted by molar-refractivity contribution is 6.00. The summed E-state index contributed by atoms with van der Waals surface area (Å²) < 4.78 is 19.8. The summed E-state index contributed by atoms with van der Waals surface area (Å²) >= 11 is 0. The molecule has 0 bridgehead atoms. The van der Waals surface area contributed by atoms with Crippen LogP contribution in [0.3, 0.4) is 0 Å². The Morgan fingerprint density at radius 2 is 2.00 bits per heavy atom. The number of ether oxygens (including phenoxy) is 1. The molecule has 0 aliphatic heterocycles. The summed E-state index contributed by atoms with van der Waals surface area (Å²) in [6.45, 7) is 1.43. The third kappa shape index (κ3) is 3.65. The van der Waals surface area contributed by atoms with Crippen LogP contribution in [0.5, 0.6) is 0 Å². The van der Waals surface area contributed by atoms with Gasteiger partial charge in [0, 0.05) is 5.69 Å². The third-order valence-corrected chi connectivity index (χ3v) is 4.07. The Morgan fingerprint density at radius 1 is 1.21 bits per heavy atom. The van der Waals surface area contributed by atoms with Crippen LogP contribution in [0.2, 0.25) is 0 Å². The molecule has 3 heterocycles. The van der Waals surface area contributed by atoms with E-state index in [-0.39, 0.29) is 11.5 Å². The largest absolute Gasteiger partial charge is 0.448 e. The number of hydrogen-bond acceptors (Lipinski definition) is 7. The molecule has 29 heavy (non-hydrogen) atoms. The van der Waals surface area contributed by atoms with Crippen molar-refractivity contribution in [2.24, 2.45) is 0 Å². The van der Waals surface area contributed by atoms with Crippen LogP contribution >= 0.6 is 0 Å². The van der Waals surface area contributed by atoms with Crippen molar-refractivity contribution < 1.29 is 18.7 Å². The number of imidazole rings is 2. The zero-order chi connectivity index (χ0) is 20.4. The number of carbonyl (C=O) groups excluding carboxylic acids is 2. The Hall–Kier alpha value is -4.15. The number of fused-ring (bicyclic) bond motifs is 1. The molecule has 0 aliphatic carbocycles. The fourth-order valence-electron chi connectivity index (χ4n) is 2.61. The molecule has 1 amide bonds. The molecule has 4 aromatic rings. The number of hydrogen-bond donors (Lipinski definition) is 2. The van der Waals surface area contributed by atoms with Gasteiger partial charge in [-0.05, 0) is 31.2 Å². The van der Waals surface area contributed by atoms with Crippen LogP contribution in [-0.2, 0) is 9.53 Å². The minimum Gasteiger partial charge on any atom is -0.448 e. The summed E-state index contributed by atoms with van der Waals surface area (Å²) in [4.78, 5) is 43.6. The van der Waals surface area contributed by atoms with Gasteiger partial charge < -0.3 is 15.0 Å². The predicted octanol–water partition coefficient (Wildman–Crippen LogP) is 1.86. The second-order valence-electron chi connectivity index (χ2n) is 5.99. The van der Waals surface area contributed by atoms with Gasteiger partial charge in [-0.3, -0.25) is 9.36 Å². The summed E-state index contributed by atoms with van der Waals surface area (Å²) in [5.74, 6) is -1.53. The summed E-state index contributed by atoms with van der Waals surface area (Å²) in [7, 11) is 0. The molecule has 0 saturated heterocycles. The molecule has 0 fully saturated rings. The number of carbonyl (C=O) groups is 2.